The van der Waals surface area contributed by atoms with E-state index in [0.29, 0.717) is 5.75 Å². The first-order valence-corrected chi connectivity index (χ1v) is 6.72. The first-order chi connectivity index (χ1) is 9.71. The Morgan fingerprint density at radius 1 is 1.15 bits per heavy atom. The average Bonchev–Trinajstić information content (AvgIpc) is 2.60. The molecule has 0 spiro atoms. The zero-order chi connectivity index (χ0) is 14.1. The Morgan fingerprint density at radius 3 is 2.70 bits per heavy atom. The van der Waals surface area contributed by atoms with E-state index in [-0.39, 0.29) is 12.4 Å². The van der Waals surface area contributed by atoms with E-state index < -0.39 is 0 Å². The van der Waals surface area contributed by atoms with Crippen molar-refractivity contribution >= 4 is 5.97 Å². The summed E-state index contributed by atoms with van der Waals surface area (Å²) in [6.07, 6.45) is 1.18. The summed E-state index contributed by atoms with van der Waals surface area (Å²) in [6, 6.07) is 11.8. The maximum atomic E-state index is 11.9. The van der Waals surface area contributed by atoms with E-state index >= 15 is 0 Å². The van der Waals surface area contributed by atoms with Gasteiger partial charge in [0.05, 0.1) is 13.5 Å². The molecule has 3 nitrogen and oxygen atoms in total. The maximum absolute atomic E-state index is 11.9. The monoisotopic (exact) mass is 268 g/mol. The van der Waals surface area contributed by atoms with Crippen LogP contribution in [0.2, 0.25) is 0 Å². The summed E-state index contributed by atoms with van der Waals surface area (Å²) >= 11 is 0. The van der Waals surface area contributed by atoms with Gasteiger partial charge in [0.1, 0.15) is 11.5 Å². The smallest absolute Gasteiger partial charge is 0.315 e. The summed E-state index contributed by atoms with van der Waals surface area (Å²) in [4.78, 5) is 11.9. The number of fused-ring (bicyclic) bond motifs is 3. The second-order valence-electron chi connectivity index (χ2n) is 4.86. The number of hydrogen-bond acceptors (Lipinski definition) is 3. The van der Waals surface area contributed by atoms with Crippen molar-refractivity contribution in [3.63, 3.8) is 0 Å². The van der Waals surface area contributed by atoms with Gasteiger partial charge in [-0.2, -0.15) is 0 Å². The average molecular weight is 268 g/mol. The summed E-state index contributed by atoms with van der Waals surface area (Å²) in [5.41, 5.74) is 4.10. The molecule has 0 aromatic heterocycles. The van der Waals surface area contributed by atoms with E-state index in [4.69, 9.17) is 9.47 Å². The second kappa shape index (κ2) is 5.00. The fourth-order valence-corrected chi connectivity index (χ4v) is 2.51. The quantitative estimate of drug-likeness (QED) is 0.618. The predicted molar refractivity (Wildman–Crippen MR) is 77.1 cm³/mol. The Balaban J connectivity index is 2.19. The van der Waals surface area contributed by atoms with Crippen molar-refractivity contribution in [2.24, 2.45) is 0 Å². The molecule has 2 aromatic rings. The van der Waals surface area contributed by atoms with Crippen LogP contribution in [0.1, 0.15) is 18.1 Å². The first-order valence-electron chi connectivity index (χ1n) is 6.72. The van der Waals surface area contributed by atoms with E-state index in [0.717, 1.165) is 34.4 Å². The normalized spacial score (nSPS) is 13.0. The third kappa shape index (κ3) is 2.16. The number of benzene rings is 2. The predicted octanol–water partition coefficient (Wildman–Crippen LogP) is 3.39. The van der Waals surface area contributed by atoms with Crippen LogP contribution >= 0.6 is 0 Å². The minimum atomic E-state index is -0.230. The molecule has 0 atom stereocenters. The van der Waals surface area contributed by atoms with Gasteiger partial charge in [-0.1, -0.05) is 25.1 Å². The molecule has 0 bridgehead atoms. The lowest BCUT2D eigenvalue weighted by Crippen LogP contribution is -2.09. The second-order valence-corrected chi connectivity index (χ2v) is 4.86. The van der Waals surface area contributed by atoms with Crippen LogP contribution in [0.5, 0.6) is 11.5 Å². The third-order valence-corrected chi connectivity index (χ3v) is 3.62. The van der Waals surface area contributed by atoms with Crippen LogP contribution in [0.25, 0.3) is 11.1 Å². The maximum Gasteiger partial charge on any atom is 0.315 e. The summed E-state index contributed by atoms with van der Waals surface area (Å²) in [6.45, 7) is 2.08. The molecule has 2 aromatic carbocycles. The van der Waals surface area contributed by atoms with E-state index in [9.17, 15) is 4.79 Å². The van der Waals surface area contributed by atoms with Gasteiger partial charge < -0.3 is 9.47 Å². The number of rotatable bonds is 2. The van der Waals surface area contributed by atoms with Crippen LogP contribution in [0.4, 0.5) is 0 Å². The number of ether oxygens (including phenoxy) is 2. The van der Waals surface area contributed by atoms with E-state index in [2.05, 4.69) is 13.0 Å². The Morgan fingerprint density at radius 2 is 1.95 bits per heavy atom. The number of hydrogen-bond donors (Lipinski definition) is 0. The largest absolute Gasteiger partial charge is 0.497 e. The highest BCUT2D eigenvalue weighted by atomic mass is 16.5. The molecule has 0 aliphatic carbocycles. The summed E-state index contributed by atoms with van der Waals surface area (Å²) in [7, 11) is 1.62. The zero-order valence-corrected chi connectivity index (χ0v) is 11.6. The Labute approximate surface area is 118 Å². The van der Waals surface area contributed by atoms with Crippen molar-refractivity contribution in [2.45, 2.75) is 19.8 Å². The van der Waals surface area contributed by atoms with Crippen LogP contribution in [0, 0.1) is 0 Å². The molecule has 1 aliphatic heterocycles. The highest BCUT2D eigenvalue weighted by Crippen LogP contribution is 2.37. The lowest BCUT2D eigenvalue weighted by atomic mass is 9.96. The van der Waals surface area contributed by atoms with Crippen LogP contribution in [0.3, 0.4) is 0 Å². The van der Waals surface area contributed by atoms with Crippen LogP contribution < -0.4 is 9.47 Å². The van der Waals surface area contributed by atoms with Crippen molar-refractivity contribution in [2.75, 3.05) is 7.11 Å². The van der Waals surface area contributed by atoms with E-state index in [1.54, 1.807) is 7.11 Å². The summed E-state index contributed by atoms with van der Waals surface area (Å²) in [5.74, 6) is 1.18. The van der Waals surface area contributed by atoms with E-state index in [1.165, 1.54) is 0 Å². The van der Waals surface area contributed by atoms with Gasteiger partial charge in [-0.15, -0.1) is 0 Å². The van der Waals surface area contributed by atoms with Gasteiger partial charge in [0, 0.05) is 5.56 Å². The standard InChI is InChI=1S/C17H16O3/c1-3-11-4-6-15-14-7-5-13(19-2)9-12(14)10-17(18)20-16(15)8-11/h4-9H,3,10H2,1-2H3. The van der Waals surface area contributed by atoms with Crippen molar-refractivity contribution in [1.82, 2.24) is 0 Å². The highest BCUT2D eigenvalue weighted by molar-refractivity contribution is 5.86. The van der Waals surface area contributed by atoms with Crippen molar-refractivity contribution in [3.8, 4) is 22.6 Å². The SMILES string of the molecule is CCc1ccc2c(c1)OC(=O)Cc1cc(OC)ccc1-2. The molecule has 1 aliphatic rings. The van der Waals surface area contributed by atoms with Gasteiger partial charge in [-0.3, -0.25) is 4.79 Å². The minimum Gasteiger partial charge on any atom is -0.497 e. The molecule has 0 saturated heterocycles. The molecular formula is C17H16O3. The lowest BCUT2D eigenvalue weighted by Gasteiger charge is -2.10. The fourth-order valence-electron chi connectivity index (χ4n) is 2.51. The molecule has 0 amide bonds. The molecule has 0 unspecified atom stereocenters. The molecule has 0 fully saturated rings. The molecule has 102 valence electrons. The fraction of sp³-hybridized carbons (Fsp3) is 0.235. The molecule has 20 heavy (non-hydrogen) atoms. The zero-order valence-electron chi connectivity index (χ0n) is 11.6. The molecule has 0 N–H and O–H groups in total. The van der Waals surface area contributed by atoms with Crippen molar-refractivity contribution in [3.05, 3.63) is 47.5 Å². The summed E-state index contributed by atoms with van der Waals surface area (Å²) in [5, 5.41) is 0. The van der Waals surface area contributed by atoms with Gasteiger partial charge in [0.2, 0.25) is 0 Å². The van der Waals surface area contributed by atoms with Gasteiger partial charge in [-0.05, 0) is 41.3 Å². The van der Waals surface area contributed by atoms with E-state index in [1.807, 2.05) is 30.3 Å². The summed E-state index contributed by atoms with van der Waals surface area (Å²) < 4.78 is 10.7. The molecular weight excluding hydrogens is 252 g/mol. The lowest BCUT2D eigenvalue weighted by molar-refractivity contribution is -0.133. The number of esters is 1. The number of aryl methyl sites for hydroxylation is 1. The molecule has 0 saturated carbocycles. The van der Waals surface area contributed by atoms with Gasteiger partial charge in [-0.25, -0.2) is 0 Å². The number of methoxy groups -OCH3 is 1. The molecule has 3 rings (SSSR count). The first kappa shape index (κ1) is 12.7. The number of carbonyl (C=O) groups excluding carboxylic acids is 1. The van der Waals surface area contributed by atoms with Crippen LogP contribution in [-0.4, -0.2) is 13.1 Å². The topological polar surface area (TPSA) is 35.5 Å². The van der Waals surface area contributed by atoms with Crippen molar-refractivity contribution < 1.29 is 14.3 Å². The Bertz CT molecular complexity index is 616. The molecule has 0 radical (unpaired) electrons. The number of carbonyl (C=O) groups is 1. The highest BCUT2D eigenvalue weighted by Gasteiger charge is 2.21. The van der Waals surface area contributed by atoms with Gasteiger partial charge in [0.25, 0.3) is 0 Å². The molecule has 3 heteroatoms. The van der Waals surface area contributed by atoms with Crippen LogP contribution in [0.15, 0.2) is 36.4 Å². The Hall–Kier alpha value is -2.29. The Kier molecular flexibility index (Phi) is 3.18. The van der Waals surface area contributed by atoms with Crippen molar-refractivity contribution in [1.29, 1.82) is 0 Å². The van der Waals surface area contributed by atoms with Crippen LogP contribution in [-0.2, 0) is 17.6 Å². The van der Waals surface area contributed by atoms with Gasteiger partial charge >= 0.3 is 5.97 Å². The minimum absolute atomic E-state index is 0.230. The third-order valence-electron chi connectivity index (χ3n) is 3.62. The molecule has 1 heterocycles. The van der Waals surface area contributed by atoms with Gasteiger partial charge in [0.15, 0.2) is 0 Å².